The largest absolute Gasteiger partial charge is 0.456 e. The number of nitrogens with zero attached hydrogens (tertiary/aromatic N) is 1. The van der Waals surface area contributed by atoms with E-state index >= 15 is 0 Å². The second kappa shape index (κ2) is 11.2. The van der Waals surface area contributed by atoms with Crippen LogP contribution < -0.4 is 4.90 Å². The van der Waals surface area contributed by atoms with Gasteiger partial charge in [-0.3, -0.25) is 0 Å². The fraction of sp³-hybridized carbons (Fsp3) is 0. The van der Waals surface area contributed by atoms with Crippen LogP contribution in [0.15, 0.2) is 189 Å². The number of hydrogen-bond donors (Lipinski definition) is 0. The van der Waals surface area contributed by atoms with Crippen LogP contribution in [0.3, 0.4) is 0 Å². The summed E-state index contributed by atoms with van der Waals surface area (Å²) in [6.07, 6.45) is 0. The van der Waals surface area contributed by atoms with Crippen molar-refractivity contribution in [3.8, 4) is 22.6 Å². The summed E-state index contributed by atoms with van der Waals surface area (Å²) in [5, 5.41) is 8.85. The third kappa shape index (κ3) is 4.48. The molecule has 0 bridgehead atoms. The molecular weight excluding hydrogens is 639 g/mol. The zero-order valence-electron chi connectivity index (χ0n) is 27.9. The predicted octanol–water partition coefficient (Wildman–Crippen LogP) is 14.2. The van der Waals surface area contributed by atoms with Gasteiger partial charge in [0.2, 0.25) is 0 Å². The second-order valence-electron chi connectivity index (χ2n) is 13.3. The summed E-state index contributed by atoms with van der Waals surface area (Å²) in [4.78, 5) is 2.31. The molecule has 0 aliphatic carbocycles. The molecular formula is C48H29NO3. The van der Waals surface area contributed by atoms with Crippen LogP contribution in [0.4, 0.5) is 17.1 Å². The van der Waals surface area contributed by atoms with Crippen molar-refractivity contribution in [3.63, 3.8) is 0 Å². The Morgan fingerprint density at radius 2 is 0.769 bits per heavy atom. The minimum Gasteiger partial charge on any atom is -0.456 e. The molecule has 0 aliphatic heterocycles. The zero-order valence-corrected chi connectivity index (χ0v) is 27.9. The fourth-order valence-corrected chi connectivity index (χ4v) is 7.73. The van der Waals surface area contributed by atoms with Crippen LogP contribution >= 0.6 is 0 Å². The Morgan fingerprint density at radius 1 is 0.308 bits per heavy atom. The standard InChI is InChI=1S/C48H29NO3/c1-2-8-32(9-3-1)43-26-27-44(50-43)33-16-20-34(21-17-33)49(35-22-14-30-18-24-39-37-10-4-6-12-45(37)51-47(39)41(30)28-35)36-23-15-31-19-25-40-38-11-5-7-13-46(38)52-48(40)42(31)29-36/h1-29H. The second-order valence-corrected chi connectivity index (χ2v) is 13.3. The molecule has 11 aromatic rings. The molecule has 52 heavy (non-hydrogen) atoms. The molecule has 3 heterocycles. The molecule has 0 aliphatic rings. The average molecular weight is 668 g/mol. The van der Waals surface area contributed by atoms with Gasteiger partial charge in [0.25, 0.3) is 0 Å². The first kappa shape index (κ1) is 28.8. The summed E-state index contributed by atoms with van der Waals surface area (Å²) in [6, 6.07) is 61.3. The van der Waals surface area contributed by atoms with Gasteiger partial charge in [0.15, 0.2) is 0 Å². The van der Waals surface area contributed by atoms with E-state index in [0.717, 1.165) is 105 Å². The molecule has 4 heteroatoms. The Morgan fingerprint density at radius 3 is 1.33 bits per heavy atom. The van der Waals surface area contributed by atoms with Gasteiger partial charge in [-0.2, -0.15) is 0 Å². The van der Waals surface area contributed by atoms with Crippen molar-refractivity contribution < 1.29 is 13.3 Å². The number of furan rings is 3. The molecule has 0 spiro atoms. The molecule has 0 atom stereocenters. The van der Waals surface area contributed by atoms with Crippen molar-refractivity contribution in [3.05, 3.63) is 176 Å². The van der Waals surface area contributed by atoms with E-state index in [1.165, 1.54) is 0 Å². The topological polar surface area (TPSA) is 42.7 Å². The maximum absolute atomic E-state index is 6.50. The lowest BCUT2D eigenvalue weighted by Gasteiger charge is -2.26. The molecule has 0 saturated heterocycles. The van der Waals surface area contributed by atoms with Crippen LogP contribution in [-0.2, 0) is 0 Å². The first-order chi connectivity index (χ1) is 25.7. The first-order valence-corrected chi connectivity index (χ1v) is 17.5. The van der Waals surface area contributed by atoms with E-state index in [2.05, 4.69) is 126 Å². The highest BCUT2D eigenvalue weighted by atomic mass is 16.3. The molecule has 0 fully saturated rings. The highest BCUT2D eigenvalue weighted by Gasteiger charge is 2.19. The lowest BCUT2D eigenvalue weighted by atomic mass is 10.0. The van der Waals surface area contributed by atoms with Crippen LogP contribution in [0.25, 0.3) is 88.1 Å². The molecule has 0 radical (unpaired) electrons. The Bertz CT molecular complexity index is 2970. The van der Waals surface area contributed by atoms with Crippen LogP contribution in [0, 0.1) is 0 Å². The highest BCUT2D eigenvalue weighted by Crippen LogP contribution is 2.43. The normalized spacial score (nSPS) is 11.8. The molecule has 0 N–H and O–H groups in total. The molecule has 244 valence electrons. The third-order valence-corrected chi connectivity index (χ3v) is 10.3. The summed E-state index contributed by atoms with van der Waals surface area (Å²) in [5.41, 5.74) is 8.70. The number of benzene rings is 8. The number of fused-ring (bicyclic) bond motifs is 10. The molecule has 11 rings (SSSR count). The van der Waals surface area contributed by atoms with Gasteiger partial charge in [-0.1, -0.05) is 91.0 Å². The molecule has 8 aromatic carbocycles. The predicted molar refractivity (Wildman–Crippen MR) is 214 cm³/mol. The van der Waals surface area contributed by atoms with Crippen molar-refractivity contribution >= 4 is 82.5 Å². The van der Waals surface area contributed by atoms with Crippen LogP contribution in [-0.4, -0.2) is 0 Å². The van der Waals surface area contributed by atoms with Gasteiger partial charge < -0.3 is 18.2 Å². The minimum atomic E-state index is 0.827. The Balaban J connectivity index is 1.09. The molecule has 3 aromatic heterocycles. The van der Waals surface area contributed by atoms with Gasteiger partial charge >= 0.3 is 0 Å². The Hall–Kier alpha value is -7.04. The fourth-order valence-electron chi connectivity index (χ4n) is 7.73. The maximum Gasteiger partial charge on any atom is 0.143 e. The van der Waals surface area contributed by atoms with Gasteiger partial charge in [-0.25, -0.2) is 0 Å². The first-order valence-electron chi connectivity index (χ1n) is 17.5. The van der Waals surface area contributed by atoms with Crippen molar-refractivity contribution in [1.82, 2.24) is 0 Å². The van der Waals surface area contributed by atoms with Gasteiger partial charge in [-0.15, -0.1) is 0 Å². The van der Waals surface area contributed by atoms with Gasteiger partial charge in [-0.05, 0) is 95.7 Å². The Labute approximate surface area is 298 Å². The number of hydrogen-bond acceptors (Lipinski definition) is 4. The van der Waals surface area contributed by atoms with Crippen molar-refractivity contribution in [2.24, 2.45) is 0 Å². The third-order valence-electron chi connectivity index (χ3n) is 10.3. The smallest absolute Gasteiger partial charge is 0.143 e. The highest BCUT2D eigenvalue weighted by molar-refractivity contribution is 6.17. The summed E-state index contributed by atoms with van der Waals surface area (Å²) in [5.74, 6) is 1.68. The molecule has 0 amide bonds. The number of anilines is 3. The van der Waals surface area contributed by atoms with E-state index in [0.29, 0.717) is 0 Å². The molecule has 0 saturated carbocycles. The summed E-state index contributed by atoms with van der Waals surface area (Å²) < 4.78 is 19.3. The van der Waals surface area contributed by atoms with Crippen LogP contribution in [0.2, 0.25) is 0 Å². The zero-order chi connectivity index (χ0) is 34.2. The van der Waals surface area contributed by atoms with Gasteiger partial charge in [0.05, 0.1) is 0 Å². The van der Waals surface area contributed by atoms with Crippen molar-refractivity contribution in [2.75, 3.05) is 4.90 Å². The lowest BCUT2D eigenvalue weighted by Crippen LogP contribution is -2.10. The summed E-state index contributed by atoms with van der Waals surface area (Å²) >= 11 is 0. The van der Waals surface area contributed by atoms with E-state index in [1.54, 1.807) is 0 Å². The molecule has 4 nitrogen and oxygen atoms in total. The minimum absolute atomic E-state index is 0.827. The summed E-state index contributed by atoms with van der Waals surface area (Å²) in [7, 11) is 0. The lowest BCUT2D eigenvalue weighted by molar-refractivity contribution is 0.597. The average Bonchev–Trinajstić information content (AvgIpc) is 3.95. The Kier molecular flexibility index (Phi) is 6.22. The van der Waals surface area contributed by atoms with Crippen LogP contribution in [0.1, 0.15) is 0 Å². The van der Waals surface area contributed by atoms with Gasteiger partial charge in [0.1, 0.15) is 33.9 Å². The number of para-hydroxylation sites is 2. The van der Waals surface area contributed by atoms with E-state index in [1.807, 2.05) is 54.6 Å². The van der Waals surface area contributed by atoms with Crippen molar-refractivity contribution in [2.45, 2.75) is 0 Å². The molecule has 0 unspecified atom stereocenters. The quantitative estimate of drug-likeness (QED) is 0.183. The SMILES string of the molecule is c1ccc(-c2ccc(-c3ccc(N(c4ccc5ccc6c7ccccc7oc6c5c4)c4ccc5ccc6c7ccccc7oc6c5c4)cc3)o2)cc1. The van der Waals surface area contributed by atoms with Crippen molar-refractivity contribution in [1.29, 1.82) is 0 Å². The summed E-state index contributed by atoms with van der Waals surface area (Å²) in [6.45, 7) is 0. The maximum atomic E-state index is 6.50. The van der Waals surface area contributed by atoms with E-state index in [4.69, 9.17) is 13.3 Å². The van der Waals surface area contributed by atoms with Crippen LogP contribution in [0.5, 0.6) is 0 Å². The van der Waals surface area contributed by atoms with Gasteiger partial charge in [0, 0.05) is 60.5 Å². The number of rotatable bonds is 5. The van der Waals surface area contributed by atoms with E-state index in [-0.39, 0.29) is 0 Å². The van der Waals surface area contributed by atoms with E-state index < -0.39 is 0 Å². The van der Waals surface area contributed by atoms with E-state index in [9.17, 15) is 0 Å². The monoisotopic (exact) mass is 667 g/mol.